The molecule has 1 aromatic carbocycles. The Kier molecular flexibility index (Phi) is 6.08. The van der Waals surface area contributed by atoms with Gasteiger partial charge in [0.15, 0.2) is 11.6 Å². The number of pyridine rings is 1. The first-order valence-corrected chi connectivity index (χ1v) is 10.7. The summed E-state index contributed by atoms with van der Waals surface area (Å²) in [5.41, 5.74) is 1.26. The summed E-state index contributed by atoms with van der Waals surface area (Å²) < 4.78 is 14.4. The Balaban J connectivity index is 1.59. The van der Waals surface area contributed by atoms with E-state index < -0.39 is 5.82 Å². The van der Waals surface area contributed by atoms with Crippen molar-refractivity contribution in [2.75, 3.05) is 18.4 Å². The lowest BCUT2D eigenvalue weighted by atomic mass is 10.3. The number of nitrogens with zero attached hydrogens (tertiary/aromatic N) is 4. The molecule has 10 heteroatoms. The number of benzene rings is 1. The number of likely N-dealkylation sites (tertiary alicyclic amines) is 1. The standard InChI is InChI=1S/C20H16Cl2FN5OS/c1-2-16(29)28-8-7-11(9-28)30-15-6-5-14-19(27-15)20(25-10-24-14)26-13-4-3-12(21)17(22)18(13)23/h2-6,10-11H,1,7-9H2,(H,24,25,26)/t11-/m0/s1. The summed E-state index contributed by atoms with van der Waals surface area (Å²) in [6, 6.07) is 6.70. The normalized spacial score (nSPS) is 16.1. The number of aromatic nitrogens is 3. The zero-order valence-corrected chi connectivity index (χ0v) is 17.9. The van der Waals surface area contributed by atoms with Crippen LogP contribution in [0.25, 0.3) is 11.0 Å². The van der Waals surface area contributed by atoms with Crippen molar-refractivity contribution in [3.05, 3.63) is 59.1 Å². The minimum absolute atomic E-state index is 0.0619. The number of hydrogen-bond donors (Lipinski definition) is 1. The molecular weight excluding hydrogens is 448 g/mol. The maximum absolute atomic E-state index is 14.4. The Bertz CT molecular complexity index is 1150. The second-order valence-corrected chi connectivity index (χ2v) is 8.71. The molecule has 1 aliphatic heterocycles. The van der Waals surface area contributed by atoms with E-state index >= 15 is 0 Å². The van der Waals surface area contributed by atoms with Crippen LogP contribution in [0.1, 0.15) is 6.42 Å². The number of carbonyl (C=O) groups is 1. The van der Waals surface area contributed by atoms with Gasteiger partial charge in [-0.15, -0.1) is 11.8 Å². The fourth-order valence-electron chi connectivity index (χ4n) is 3.15. The van der Waals surface area contributed by atoms with Crippen LogP contribution >= 0.6 is 35.0 Å². The number of amides is 1. The lowest BCUT2D eigenvalue weighted by Crippen LogP contribution is -2.27. The summed E-state index contributed by atoms with van der Waals surface area (Å²) in [4.78, 5) is 26.7. The van der Waals surface area contributed by atoms with E-state index in [-0.39, 0.29) is 26.9 Å². The topological polar surface area (TPSA) is 71.0 Å². The molecule has 0 bridgehead atoms. The second kappa shape index (κ2) is 8.75. The van der Waals surface area contributed by atoms with Gasteiger partial charge >= 0.3 is 0 Å². The van der Waals surface area contributed by atoms with Crippen LogP contribution in [-0.2, 0) is 4.79 Å². The molecule has 0 spiro atoms. The predicted octanol–water partition coefficient (Wildman–Crippen LogP) is 5.09. The van der Waals surface area contributed by atoms with Crippen LogP contribution in [0.2, 0.25) is 10.0 Å². The molecule has 3 heterocycles. The van der Waals surface area contributed by atoms with Gasteiger partial charge in [-0.25, -0.2) is 19.3 Å². The Morgan fingerprint density at radius 3 is 2.93 bits per heavy atom. The molecule has 0 unspecified atom stereocenters. The second-order valence-electron chi connectivity index (χ2n) is 6.60. The number of nitrogens with one attached hydrogen (secondary N) is 1. The lowest BCUT2D eigenvalue weighted by Gasteiger charge is -2.14. The quantitative estimate of drug-likeness (QED) is 0.419. The number of anilines is 2. The minimum atomic E-state index is -0.667. The van der Waals surface area contributed by atoms with Crippen molar-refractivity contribution in [3.8, 4) is 0 Å². The third kappa shape index (κ3) is 4.21. The summed E-state index contributed by atoms with van der Waals surface area (Å²) in [6.45, 7) is 4.87. The van der Waals surface area contributed by atoms with E-state index in [9.17, 15) is 9.18 Å². The molecule has 1 N–H and O–H groups in total. The molecule has 2 aromatic heterocycles. The number of carbonyl (C=O) groups excluding carboxylic acids is 1. The highest BCUT2D eigenvalue weighted by atomic mass is 35.5. The number of halogens is 3. The summed E-state index contributed by atoms with van der Waals surface area (Å²) in [7, 11) is 0. The highest BCUT2D eigenvalue weighted by Gasteiger charge is 2.26. The Morgan fingerprint density at radius 1 is 1.30 bits per heavy atom. The molecule has 4 rings (SSSR count). The summed E-state index contributed by atoms with van der Waals surface area (Å²) in [5.74, 6) is -0.373. The first-order valence-electron chi connectivity index (χ1n) is 9.06. The molecule has 1 amide bonds. The molecule has 0 radical (unpaired) electrons. The maximum atomic E-state index is 14.4. The van der Waals surface area contributed by atoms with Crippen molar-refractivity contribution in [1.82, 2.24) is 19.9 Å². The molecule has 1 aliphatic rings. The number of rotatable bonds is 5. The van der Waals surface area contributed by atoms with Gasteiger partial charge in [0.25, 0.3) is 0 Å². The van der Waals surface area contributed by atoms with Crippen molar-refractivity contribution in [1.29, 1.82) is 0 Å². The van der Waals surface area contributed by atoms with Gasteiger partial charge in [-0.1, -0.05) is 29.8 Å². The molecule has 1 fully saturated rings. The summed E-state index contributed by atoms with van der Waals surface area (Å²) >= 11 is 13.3. The Morgan fingerprint density at radius 2 is 2.13 bits per heavy atom. The van der Waals surface area contributed by atoms with Gasteiger partial charge in [-0.05, 0) is 36.8 Å². The van der Waals surface area contributed by atoms with Gasteiger partial charge in [0.2, 0.25) is 5.91 Å². The zero-order valence-electron chi connectivity index (χ0n) is 15.6. The van der Waals surface area contributed by atoms with Crippen molar-refractivity contribution >= 4 is 63.4 Å². The van der Waals surface area contributed by atoms with Gasteiger partial charge in [-0.3, -0.25) is 4.79 Å². The number of thioether (sulfide) groups is 1. The van der Waals surface area contributed by atoms with Crippen molar-refractivity contribution in [3.63, 3.8) is 0 Å². The third-order valence-corrected chi connectivity index (χ3v) is 6.63. The van der Waals surface area contributed by atoms with E-state index in [0.717, 1.165) is 11.4 Å². The Hall–Kier alpha value is -2.42. The van der Waals surface area contributed by atoms with Crippen LogP contribution < -0.4 is 5.32 Å². The SMILES string of the molecule is C=CC(=O)N1CC[C@H](Sc2ccc3ncnc(Nc4ccc(Cl)c(Cl)c4F)c3n2)C1. The van der Waals surface area contributed by atoms with Crippen molar-refractivity contribution < 1.29 is 9.18 Å². The molecular formula is C20H16Cl2FN5OS. The van der Waals surface area contributed by atoms with Crippen LogP contribution in [0.4, 0.5) is 15.9 Å². The molecule has 3 aromatic rings. The van der Waals surface area contributed by atoms with E-state index in [4.69, 9.17) is 23.2 Å². The van der Waals surface area contributed by atoms with Gasteiger partial charge < -0.3 is 10.2 Å². The first-order chi connectivity index (χ1) is 14.5. The van der Waals surface area contributed by atoms with E-state index in [1.807, 2.05) is 12.1 Å². The fourth-order valence-corrected chi connectivity index (χ4v) is 4.57. The van der Waals surface area contributed by atoms with E-state index in [0.29, 0.717) is 29.9 Å². The van der Waals surface area contributed by atoms with Gasteiger partial charge in [-0.2, -0.15) is 0 Å². The minimum Gasteiger partial charge on any atom is -0.338 e. The first kappa shape index (κ1) is 20.8. The smallest absolute Gasteiger partial charge is 0.245 e. The molecule has 1 saturated heterocycles. The van der Waals surface area contributed by atoms with Gasteiger partial charge in [0.05, 0.1) is 26.3 Å². The largest absolute Gasteiger partial charge is 0.338 e. The molecule has 154 valence electrons. The van der Waals surface area contributed by atoms with Crippen LogP contribution in [-0.4, -0.2) is 44.1 Å². The lowest BCUT2D eigenvalue weighted by molar-refractivity contribution is -0.124. The molecule has 0 saturated carbocycles. The predicted molar refractivity (Wildman–Crippen MR) is 118 cm³/mol. The fraction of sp³-hybridized carbons (Fsp3) is 0.200. The third-order valence-electron chi connectivity index (χ3n) is 4.66. The van der Waals surface area contributed by atoms with Crippen molar-refractivity contribution in [2.24, 2.45) is 0 Å². The van der Waals surface area contributed by atoms with Crippen LogP contribution in [0.3, 0.4) is 0 Å². The van der Waals surface area contributed by atoms with E-state index in [1.165, 1.54) is 24.5 Å². The summed E-state index contributed by atoms with van der Waals surface area (Å²) in [6.07, 6.45) is 3.58. The van der Waals surface area contributed by atoms with Crippen LogP contribution in [0.5, 0.6) is 0 Å². The van der Waals surface area contributed by atoms with Crippen LogP contribution in [0, 0.1) is 5.82 Å². The van der Waals surface area contributed by atoms with Crippen LogP contribution in [0.15, 0.2) is 48.3 Å². The number of fused-ring (bicyclic) bond motifs is 1. The molecule has 1 atom stereocenters. The molecule has 0 aliphatic carbocycles. The van der Waals surface area contributed by atoms with Crippen molar-refractivity contribution in [2.45, 2.75) is 16.7 Å². The summed E-state index contributed by atoms with van der Waals surface area (Å²) in [5, 5.41) is 3.90. The average molecular weight is 464 g/mol. The average Bonchev–Trinajstić information content (AvgIpc) is 3.22. The van der Waals surface area contributed by atoms with Gasteiger partial charge in [0, 0.05) is 18.3 Å². The molecule has 6 nitrogen and oxygen atoms in total. The van der Waals surface area contributed by atoms with E-state index in [1.54, 1.807) is 16.7 Å². The molecule has 30 heavy (non-hydrogen) atoms. The Labute approximate surface area is 186 Å². The highest BCUT2D eigenvalue weighted by molar-refractivity contribution is 7.99. The zero-order chi connectivity index (χ0) is 21.3. The van der Waals surface area contributed by atoms with E-state index in [2.05, 4.69) is 26.8 Å². The number of hydrogen-bond acceptors (Lipinski definition) is 6. The monoisotopic (exact) mass is 463 g/mol. The van der Waals surface area contributed by atoms with Gasteiger partial charge in [0.1, 0.15) is 11.8 Å². The highest BCUT2D eigenvalue weighted by Crippen LogP contribution is 2.34. The maximum Gasteiger partial charge on any atom is 0.245 e.